The number of benzene rings is 2. The number of nitrogens with zero attached hydrogens (tertiary/aromatic N) is 5. The third-order valence-corrected chi connectivity index (χ3v) is 8.42. The van der Waals surface area contributed by atoms with Crippen molar-refractivity contribution >= 4 is 22.8 Å². The third kappa shape index (κ3) is 5.31. The topological polar surface area (TPSA) is 126 Å². The summed E-state index contributed by atoms with van der Waals surface area (Å²) in [5.41, 5.74) is 1.05. The smallest absolute Gasteiger partial charge is 0.337 e. The van der Waals surface area contributed by atoms with Crippen molar-refractivity contribution in [2.45, 2.75) is 37.8 Å². The molecular weight excluding hydrogens is 584 g/mol. The van der Waals surface area contributed by atoms with Crippen LogP contribution in [0.25, 0.3) is 27.8 Å². The normalized spacial score (nSPS) is 20.9. The fourth-order valence-electron chi connectivity index (χ4n) is 6.18. The van der Waals surface area contributed by atoms with Crippen molar-refractivity contribution in [1.82, 2.24) is 24.6 Å². The molecule has 2 aliphatic heterocycles. The minimum absolute atomic E-state index is 0.0211. The molecule has 1 amide bonds. The van der Waals surface area contributed by atoms with Crippen LogP contribution in [0.1, 0.15) is 31.7 Å². The van der Waals surface area contributed by atoms with Crippen LogP contribution in [0.5, 0.6) is 5.75 Å². The first kappa shape index (κ1) is 28.3. The molecule has 7 rings (SSSR count). The van der Waals surface area contributed by atoms with Crippen molar-refractivity contribution in [2.24, 2.45) is 4.99 Å². The number of amidine groups is 1. The number of phenolic OH excluding ortho intramolecular Hbond substituents is 1. The van der Waals surface area contributed by atoms with Gasteiger partial charge in [0, 0.05) is 24.4 Å². The van der Waals surface area contributed by atoms with Crippen LogP contribution in [0.4, 0.5) is 8.87 Å². The van der Waals surface area contributed by atoms with Gasteiger partial charge in [0.1, 0.15) is 17.8 Å². The quantitative estimate of drug-likeness (QED) is 0.298. The van der Waals surface area contributed by atoms with Gasteiger partial charge in [-0.05, 0) is 67.1 Å². The number of pyridine rings is 1. The van der Waals surface area contributed by atoms with Gasteiger partial charge in [-0.2, -0.15) is 10.1 Å². The average molecular weight is 613 g/mol. The molecule has 1 atom stereocenters. The molecule has 4 aromatic rings. The lowest BCUT2D eigenvalue weighted by atomic mass is 9.90. The summed E-state index contributed by atoms with van der Waals surface area (Å²) in [5.74, 6) is -0.382. The molecule has 0 bridgehead atoms. The zero-order chi connectivity index (χ0) is 31.2. The number of carbonyl (C=O) groups is 1. The first-order valence-corrected chi connectivity index (χ1v) is 14.6. The molecular formula is C32H28F2N7O4+. The lowest BCUT2D eigenvalue weighted by Gasteiger charge is -2.30. The van der Waals surface area contributed by atoms with E-state index in [2.05, 4.69) is 15.3 Å². The van der Waals surface area contributed by atoms with Gasteiger partial charge in [0.15, 0.2) is 18.0 Å². The van der Waals surface area contributed by atoms with E-state index in [9.17, 15) is 28.4 Å². The lowest BCUT2D eigenvalue weighted by Crippen LogP contribution is -3.11. The first-order valence-electron chi connectivity index (χ1n) is 14.6. The minimum atomic E-state index is -0.696. The molecule has 228 valence electrons. The van der Waals surface area contributed by atoms with Crippen LogP contribution in [-0.4, -0.2) is 48.8 Å². The second kappa shape index (κ2) is 11.2. The Morgan fingerprint density at radius 2 is 1.80 bits per heavy atom. The van der Waals surface area contributed by atoms with Gasteiger partial charge in [0.25, 0.3) is 11.5 Å². The Morgan fingerprint density at radius 3 is 2.58 bits per heavy atom. The summed E-state index contributed by atoms with van der Waals surface area (Å²) in [6, 6.07) is 14.1. The number of aromatic nitrogens is 3. The number of hydrogen-bond donors (Lipinski definition) is 3. The average Bonchev–Trinajstić information content (AvgIpc) is 3.46. The van der Waals surface area contributed by atoms with E-state index >= 15 is 0 Å². The largest absolute Gasteiger partial charge is 0.508 e. The highest BCUT2D eigenvalue weighted by atomic mass is 19.2. The summed E-state index contributed by atoms with van der Waals surface area (Å²) in [6.07, 6.45) is 7.17. The third-order valence-electron chi connectivity index (χ3n) is 8.42. The van der Waals surface area contributed by atoms with Gasteiger partial charge in [0.05, 0.1) is 17.3 Å². The number of nitrogens with one attached hydrogen (secondary N) is 2. The lowest BCUT2D eigenvalue weighted by molar-refractivity contribution is -0.763. The van der Waals surface area contributed by atoms with Crippen molar-refractivity contribution in [3.8, 4) is 22.6 Å². The number of quaternary nitrogens is 1. The first-order chi connectivity index (χ1) is 21.7. The molecule has 1 saturated carbocycles. The highest BCUT2D eigenvalue weighted by Crippen LogP contribution is 2.29. The number of phenols is 1. The number of amides is 1. The number of aliphatic imine (C=N–C) groups is 1. The fraction of sp³-hybridized carbons (Fsp3) is 0.219. The molecule has 2 aromatic carbocycles. The van der Waals surface area contributed by atoms with E-state index in [4.69, 9.17) is 0 Å². The number of fused-ring (bicyclic) bond motifs is 2. The summed E-state index contributed by atoms with van der Waals surface area (Å²) in [4.78, 5) is 49.8. The molecule has 11 nitrogen and oxygen atoms in total. The molecule has 2 aromatic heterocycles. The zero-order valence-corrected chi connectivity index (χ0v) is 23.9. The highest BCUT2D eigenvalue weighted by Gasteiger charge is 2.32. The van der Waals surface area contributed by atoms with E-state index in [-0.39, 0.29) is 41.1 Å². The van der Waals surface area contributed by atoms with E-state index in [1.165, 1.54) is 21.4 Å². The maximum Gasteiger partial charge on any atom is 0.337 e. The number of halogens is 2. The van der Waals surface area contributed by atoms with Crippen LogP contribution < -0.4 is 21.5 Å². The molecule has 0 saturated heterocycles. The summed E-state index contributed by atoms with van der Waals surface area (Å²) < 4.78 is 30.4. The van der Waals surface area contributed by atoms with Crippen LogP contribution in [0.15, 0.2) is 99.5 Å². The molecule has 13 heteroatoms. The molecule has 1 fully saturated rings. The van der Waals surface area contributed by atoms with Gasteiger partial charge in [-0.25, -0.2) is 23.6 Å². The van der Waals surface area contributed by atoms with Crippen LogP contribution in [-0.2, 0) is 4.79 Å². The van der Waals surface area contributed by atoms with E-state index in [1.54, 1.807) is 48.7 Å². The standard InChI is InChI=1S/C32H27F2N7O4/c33-21-15-26-29(35-16-21)40(24-3-1-2-20(14-24)19-4-10-25(42)11-5-19)32(45)41(31(26)44)23-8-6-22(7-9-23)36-30(43)27-17-38-18-39(34)13-12-28(38)37-27/h1-5,10-17,22-23,42H,6-9,18H2,(H,36,43)/p+1. The highest BCUT2D eigenvalue weighted by molar-refractivity contribution is 5.99. The number of hydrogen-bond acceptors (Lipinski definition) is 7. The van der Waals surface area contributed by atoms with Crippen molar-refractivity contribution in [3.05, 3.63) is 112 Å². The van der Waals surface area contributed by atoms with Crippen molar-refractivity contribution in [3.63, 3.8) is 0 Å². The number of carbonyl (C=O) groups excluding carboxylic acids is 1. The summed E-state index contributed by atoms with van der Waals surface area (Å²) in [6.45, 7) is 0.0236. The Labute approximate surface area is 254 Å². The SMILES string of the molecule is O=C(NC1CCC(n2c(=O)c3cc(F)cnc3n(-c3cccc(-c4ccc(O)cc4)c3)c2=O)CC1)C1=C[NH+]2CN(F)C=CC2=N1. The Hall–Kier alpha value is -5.43. The van der Waals surface area contributed by atoms with Crippen LogP contribution in [0.3, 0.4) is 0 Å². The maximum atomic E-state index is 14.4. The van der Waals surface area contributed by atoms with Gasteiger partial charge >= 0.3 is 5.69 Å². The Morgan fingerprint density at radius 1 is 1.02 bits per heavy atom. The van der Waals surface area contributed by atoms with Gasteiger partial charge in [-0.1, -0.05) is 28.7 Å². The van der Waals surface area contributed by atoms with E-state index in [0.29, 0.717) is 47.2 Å². The van der Waals surface area contributed by atoms with Crippen LogP contribution in [0.2, 0.25) is 0 Å². The predicted octanol–water partition coefficient (Wildman–Crippen LogP) is 2.47. The van der Waals surface area contributed by atoms with Crippen molar-refractivity contribution in [1.29, 1.82) is 0 Å². The van der Waals surface area contributed by atoms with Crippen molar-refractivity contribution < 1.29 is 23.7 Å². The summed E-state index contributed by atoms with van der Waals surface area (Å²) in [5, 5.41) is 13.2. The zero-order valence-electron chi connectivity index (χ0n) is 23.9. The van der Waals surface area contributed by atoms with E-state index < -0.39 is 23.1 Å². The van der Waals surface area contributed by atoms with Crippen molar-refractivity contribution in [2.75, 3.05) is 6.67 Å². The summed E-state index contributed by atoms with van der Waals surface area (Å²) in [7, 11) is 0. The second-order valence-electron chi connectivity index (χ2n) is 11.3. The molecule has 3 aliphatic rings. The molecule has 0 radical (unpaired) electrons. The number of rotatable bonds is 5. The molecule has 3 N–H and O–H groups in total. The van der Waals surface area contributed by atoms with Gasteiger partial charge in [-0.15, -0.1) is 0 Å². The fourth-order valence-corrected chi connectivity index (χ4v) is 6.18. The van der Waals surface area contributed by atoms with E-state index in [1.807, 2.05) is 6.07 Å². The van der Waals surface area contributed by atoms with Gasteiger partial charge < -0.3 is 10.4 Å². The Balaban J connectivity index is 1.17. The summed E-state index contributed by atoms with van der Waals surface area (Å²) >= 11 is 0. The molecule has 45 heavy (non-hydrogen) atoms. The maximum absolute atomic E-state index is 14.4. The Kier molecular flexibility index (Phi) is 7.09. The van der Waals surface area contributed by atoms with Gasteiger partial charge in [0.2, 0.25) is 5.84 Å². The molecule has 1 aliphatic carbocycles. The van der Waals surface area contributed by atoms with E-state index in [0.717, 1.165) is 23.4 Å². The predicted molar refractivity (Wildman–Crippen MR) is 162 cm³/mol. The minimum Gasteiger partial charge on any atom is -0.508 e. The number of aromatic hydroxyl groups is 1. The molecule has 1 unspecified atom stereocenters. The molecule has 0 spiro atoms. The second-order valence-corrected chi connectivity index (χ2v) is 11.3. The molecule has 4 heterocycles. The Bertz CT molecular complexity index is 2040. The van der Waals surface area contributed by atoms with Crippen LogP contribution >= 0.6 is 0 Å². The monoisotopic (exact) mass is 612 g/mol. The van der Waals surface area contributed by atoms with Crippen LogP contribution in [0, 0.1) is 5.82 Å². The van der Waals surface area contributed by atoms with Gasteiger partial charge in [-0.3, -0.25) is 14.2 Å².